The molecule has 0 fully saturated rings. The average Bonchev–Trinajstić information content (AvgIpc) is 2.61. The lowest BCUT2D eigenvalue weighted by Crippen LogP contribution is -2.34. The number of rotatable bonds is 7. The van der Waals surface area contributed by atoms with Gasteiger partial charge in [0.2, 0.25) is 5.91 Å². The van der Waals surface area contributed by atoms with Crippen molar-refractivity contribution in [2.24, 2.45) is 0 Å². The molecule has 0 bridgehead atoms. The molecule has 124 valence electrons. The van der Waals surface area contributed by atoms with Gasteiger partial charge in [0, 0.05) is 6.54 Å². The molecule has 0 radical (unpaired) electrons. The summed E-state index contributed by atoms with van der Waals surface area (Å²) in [5.41, 5.74) is 1.83. The van der Waals surface area contributed by atoms with Crippen molar-refractivity contribution in [1.82, 2.24) is 10.6 Å². The highest BCUT2D eigenvalue weighted by Gasteiger charge is 2.11. The molecule has 0 saturated heterocycles. The number of hydrogen-bond acceptors (Lipinski definition) is 3. The number of benzene rings is 2. The zero-order valence-corrected chi connectivity index (χ0v) is 13.5. The van der Waals surface area contributed by atoms with Gasteiger partial charge in [0.1, 0.15) is 5.75 Å². The zero-order valence-electron chi connectivity index (χ0n) is 13.5. The van der Waals surface area contributed by atoms with Crippen LogP contribution in [0.2, 0.25) is 0 Å². The predicted octanol–water partition coefficient (Wildman–Crippen LogP) is 2.18. The van der Waals surface area contributed by atoms with Gasteiger partial charge >= 0.3 is 0 Å². The maximum absolute atomic E-state index is 12.0. The standard InChI is InChI=1S/C19H20N2O3/c1-14(19(23)20-13-16-6-4-3-5-7-16)21-18(22)12-15-8-10-17(24-2)11-9-15/h3-11H,1,12-13H2,2H3,(H,20,23)(H,21,22). The van der Waals surface area contributed by atoms with Crippen LogP contribution in [0.25, 0.3) is 0 Å². The van der Waals surface area contributed by atoms with Crippen molar-refractivity contribution in [2.45, 2.75) is 13.0 Å². The molecule has 0 aromatic heterocycles. The fraction of sp³-hybridized carbons (Fsp3) is 0.158. The number of hydrogen-bond donors (Lipinski definition) is 2. The first-order valence-corrected chi connectivity index (χ1v) is 7.52. The van der Waals surface area contributed by atoms with E-state index in [9.17, 15) is 9.59 Å². The van der Waals surface area contributed by atoms with Crippen LogP contribution in [0, 0.1) is 0 Å². The number of methoxy groups -OCH3 is 1. The first-order valence-electron chi connectivity index (χ1n) is 7.52. The first-order chi connectivity index (χ1) is 11.6. The average molecular weight is 324 g/mol. The number of amides is 2. The summed E-state index contributed by atoms with van der Waals surface area (Å²) in [4.78, 5) is 23.9. The van der Waals surface area contributed by atoms with Crippen LogP contribution in [0.5, 0.6) is 5.75 Å². The van der Waals surface area contributed by atoms with Gasteiger partial charge in [0.05, 0.1) is 19.2 Å². The maximum Gasteiger partial charge on any atom is 0.267 e. The lowest BCUT2D eigenvalue weighted by molar-refractivity contribution is -0.123. The van der Waals surface area contributed by atoms with E-state index >= 15 is 0 Å². The Hall–Kier alpha value is -3.08. The van der Waals surface area contributed by atoms with Gasteiger partial charge in [-0.2, -0.15) is 0 Å². The van der Waals surface area contributed by atoms with E-state index in [4.69, 9.17) is 4.74 Å². The molecule has 2 aromatic rings. The summed E-state index contributed by atoms with van der Waals surface area (Å²) >= 11 is 0. The molecule has 0 aliphatic carbocycles. The highest BCUT2D eigenvalue weighted by Crippen LogP contribution is 2.11. The van der Waals surface area contributed by atoms with Crippen molar-refractivity contribution < 1.29 is 14.3 Å². The molecule has 2 amide bonds. The fourth-order valence-electron chi connectivity index (χ4n) is 2.08. The van der Waals surface area contributed by atoms with Crippen molar-refractivity contribution in [2.75, 3.05) is 7.11 Å². The Balaban J connectivity index is 1.79. The van der Waals surface area contributed by atoms with E-state index in [0.717, 1.165) is 16.9 Å². The lowest BCUT2D eigenvalue weighted by Gasteiger charge is -2.10. The van der Waals surface area contributed by atoms with Crippen LogP contribution in [-0.2, 0) is 22.6 Å². The Labute approximate surface area is 141 Å². The highest BCUT2D eigenvalue weighted by atomic mass is 16.5. The Kier molecular flexibility index (Phi) is 6.14. The molecule has 5 nitrogen and oxygen atoms in total. The summed E-state index contributed by atoms with van der Waals surface area (Å²) < 4.78 is 5.07. The molecule has 0 unspecified atom stereocenters. The number of ether oxygens (including phenoxy) is 1. The van der Waals surface area contributed by atoms with E-state index in [2.05, 4.69) is 17.2 Å². The van der Waals surface area contributed by atoms with E-state index < -0.39 is 5.91 Å². The largest absolute Gasteiger partial charge is 0.497 e. The molecule has 0 atom stereocenters. The molecule has 2 rings (SSSR count). The number of carbonyl (C=O) groups excluding carboxylic acids is 2. The Morgan fingerprint density at radius 3 is 2.29 bits per heavy atom. The molecule has 0 heterocycles. The Morgan fingerprint density at radius 1 is 1.00 bits per heavy atom. The topological polar surface area (TPSA) is 67.4 Å². The second-order valence-corrected chi connectivity index (χ2v) is 5.22. The van der Waals surface area contributed by atoms with Crippen LogP contribution >= 0.6 is 0 Å². The van der Waals surface area contributed by atoms with Gasteiger partial charge in [0.15, 0.2) is 0 Å². The van der Waals surface area contributed by atoms with Gasteiger partial charge in [0.25, 0.3) is 5.91 Å². The Morgan fingerprint density at radius 2 is 1.67 bits per heavy atom. The van der Waals surface area contributed by atoms with Crippen LogP contribution < -0.4 is 15.4 Å². The minimum atomic E-state index is -0.401. The molecule has 0 aliphatic heterocycles. The first kappa shape index (κ1) is 17.3. The molecule has 2 aromatic carbocycles. The summed E-state index contributed by atoms with van der Waals surface area (Å²) in [6.07, 6.45) is 0.162. The van der Waals surface area contributed by atoms with Gasteiger partial charge in [-0.1, -0.05) is 49.0 Å². The van der Waals surface area contributed by atoms with Gasteiger partial charge < -0.3 is 15.4 Å². The molecular formula is C19H20N2O3. The van der Waals surface area contributed by atoms with Crippen LogP contribution in [0.15, 0.2) is 66.9 Å². The summed E-state index contributed by atoms with van der Waals surface area (Å²) in [5.74, 6) is 0.0332. The number of nitrogens with one attached hydrogen (secondary N) is 2. The quantitative estimate of drug-likeness (QED) is 0.767. The second-order valence-electron chi connectivity index (χ2n) is 5.22. The molecular weight excluding hydrogens is 304 g/mol. The molecule has 2 N–H and O–H groups in total. The third kappa shape index (κ3) is 5.28. The van der Waals surface area contributed by atoms with E-state index in [1.807, 2.05) is 30.3 Å². The van der Waals surface area contributed by atoms with Crippen molar-refractivity contribution >= 4 is 11.8 Å². The summed E-state index contributed by atoms with van der Waals surface area (Å²) in [5, 5.41) is 5.23. The van der Waals surface area contributed by atoms with Crippen molar-refractivity contribution in [3.8, 4) is 5.75 Å². The maximum atomic E-state index is 12.0. The van der Waals surface area contributed by atoms with Gasteiger partial charge in [-0.05, 0) is 23.3 Å². The smallest absolute Gasteiger partial charge is 0.267 e. The van der Waals surface area contributed by atoms with Crippen molar-refractivity contribution in [1.29, 1.82) is 0 Å². The molecule has 5 heteroatoms. The Bertz CT molecular complexity index is 709. The van der Waals surface area contributed by atoms with Crippen LogP contribution in [0.1, 0.15) is 11.1 Å². The van der Waals surface area contributed by atoms with Crippen LogP contribution in [0.4, 0.5) is 0 Å². The van der Waals surface area contributed by atoms with Gasteiger partial charge in [-0.15, -0.1) is 0 Å². The third-order valence-corrected chi connectivity index (χ3v) is 3.38. The molecule has 0 spiro atoms. The normalized spacial score (nSPS) is 9.88. The number of carbonyl (C=O) groups is 2. The summed E-state index contributed by atoms with van der Waals surface area (Å²) in [7, 11) is 1.58. The van der Waals surface area contributed by atoms with E-state index in [1.165, 1.54) is 0 Å². The molecule has 24 heavy (non-hydrogen) atoms. The van der Waals surface area contributed by atoms with Crippen LogP contribution in [-0.4, -0.2) is 18.9 Å². The monoisotopic (exact) mass is 324 g/mol. The lowest BCUT2D eigenvalue weighted by atomic mass is 10.1. The summed E-state index contributed by atoms with van der Waals surface area (Å²) in [6, 6.07) is 16.7. The third-order valence-electron chi connectivity index (χ3n) is 3.38. The second kappa shape index (κ2) is 8.53. The van der Waals surface area contributed by atoms with E-state index in [-0.39, 0.29) is 18.0 Å². The van der Waals surface area contributed by atoms with Gasteiger partial charge in [-0.3, -0.25) is 9.59 Å². The highest BCUT2D eigenvalue weighted by molar-refractivity contribution is 5.97. The molecule has 0 aliphatic rings. The fourth-order valence-corrected chi connectivity index (χ4v) is 2.08. The van der Waals surface area contributed by atoms with Crippen LogP contribution in [0.3, 0.4) is 0 Å². The SMILES string of the molecule is C=C(NC(=O)Cc1ccc(OC)cc1)C(=O)NCc1ccccc1. The minimum Gasteiger partial charge on any atom is -0.497 e. The predicted molar refractivity (Wildman–Crippen MR) is 92.3 cm³/mol. The molecule has 0 saturated carbocycles. The summed E-state index contributed by atoms with van der Waals surface area (Å²) in [6.45, 7) is 3.99. The van der Waals surface area contributed by atoms with Crippen molar-refractivity contribution in [3.63, 3.8) is 0 Å². The zero-order chi connectivity index (χ0) is 17.4. The minimum absolute atomic E-state index is 0.0319. The van der Waals surface area contributed by atoms with Gasteiger partial charge in [-0.25, -0.2) is 0 Å². The van der Waals surface area contributed by atoms with E-state index in [0.29, 0.717) is 6.54 Å². The van der Waals surface area contributed by atoms with Crippen molar-refractivity contribution in [3.05, 3.63) is 78.0 Å². The van der Waals surface area contributed by atoms with E-state index in [1.54, 1.807) is 31.4 Å².